The highest BCUT2D eigenvalue weighted by Crippen LogP contribution is 2.19. The zero-order valence-corrected chi connectivity index (χ0v) is 11.9. The first-order valence-corrected chi connectivity index (χ1v) is 6.66. The van der Waals surface area contributed by atoms with Gasteiger partial charge in [-0.15, -0.1) is 12.3 Å². The second kappa shape index (κ2) is 7.14. The maximum absolute atomic E-state index is 11.7. The van der Waals surface area contributed by atoms with Crippen molar-refractivity contribution in [3.63, 3.8) is 0 Å². The second-order valence-electron chi connectivity index (χ2n) is 4.56. The van der Waals surface area contributed by atoms with Gasteiger partial charge in [-0.25, -0.2) is 4.79 Å². The largest absolute Gasteiger partial charge is 0.489 e. The first kappa shape index (κ1) is 15.4. The zero-order chi connectivity index (χ0) is 15.9. The van der Waals surface area contributed by atoms with Crippen LogP contribution in [0.5, 0.6) is 5.75 Å². The Bertz CT molecular complexity index is 798. The number of ether oxygens (including phenoxy) is 1. The van der Waals surface area contributed by atoms with Crippen LogP contribution < -0.4 is 15.7 Å². The van der Waals surface area contributed by atoms with E-state index in [1.807, 2.05) is 0 Å². The molecule has 0 radical (unpaired) electrons. The van der Waals surface area contributed by atoms with E-state index in [0.717, 1.165) is 5.39 Å². The third kappa shape index (κ3) is 4.00. The van der Waals surface area contributed by atoms with Gasteiger partial charge >= 0.3 is 5.63 Å². The molecule has 1 aromatic carbocycles. The Kier molecular flexibility index (Phi) is 4.99. The number of benzene rings is 1. The van der Waals surface area contributed by atoms with Crippen molar-refractivity contribution in [3.8, 4) is 18.1 Å². The Balaban J connectivity index is 1.96. The van der Waals surface area contributed by atoms with Crippen LogP contribution in [0.1, 0.15) is 6.42 Å². The summed E-state index contributed by atoms with van der Waals surface area (Å²) in [5, 5.41) is 3.43. The fourth-order valence-electron chi connectivity index (χ4n) is 1.74. The summed E-state index contributed by atoms with van der Waals surface area (Å²) in [5.41, 5.74) is 0.280. The van der Waals surface area contributed by atoms with E-state index < -0.39 is 5.63 Å². The van der Waals surface area contributed by atoms with Crippen molar-refractivity contribution in [2.75, 3.05) is 13.2 Å². The van der Waals surface area contributed by atoms with Crippen molar-refractivity contribution in [3.05, 3.63) is 52.9 Å². The molecule has 0 saturated heterocycles. The Labute approximate surface area is 127 Å². The summed E-state index contributed by atoms with van der Waals surface area (Å²) < 4.78 is 10.5. The van der Waals surface area contributed by atoms with Gasteiger partial charge in [0.15, 0.2) is 0 Å². The maximum atomic E-state index is 11.7. The normalized spacial score (nSPS) is 9.95. The van der Waals surface area contributed by atoms with E-state index in [2.05, 4.69) is 17.8 Å². The van der Waals surface area contributed by atoms with Crippen LogP contribution in [0.3, 0.4) is 0 Å². The highest BCUT2D eigenvalue weighted by molar-refractivity contribution is 5.93. The van der Waals surface area contributed by atoms with Crippen LogP contribution in [-0.2, 0) is 4.79 Å². The number of amides is 1. The van der Waals surface area contributed by atoms with E-state index >= 15 is 0 Å². The van der Waals surface area contributed by atoms with Gasteiger partial charge in [-0.1, -0.05) is 6.58 Å². The van der Waals surface area contributed by atoms with Crippen molar-refractivity contribution >= 4 is 16.9 Å². The molecule has 112 valence electrons. The molecule has 2 rings (SSSR count). The Morgan fingerprint density at radius 1 is 1.36 bits per heavy atom. The first-order chi connectivity index (χ1) is 10.6. The van der Waals surface area contributed by atoms with E-state index in [1.165, 1.54) is 6.07 Å². The minimum absolute atomic E-state index is 0.0322. The van der Waals surface area contributed by atoms with Crippen LogP contribution in [0.25, 0.3) is 11.0 Å². The molecule has 2 aromatic rings. The van der Waals surface area contributed by atoms with Crippen molar-refractivity contribution in [1.82, 2.24) is 5.32 Å². The monoisotopic (exact) mass is 297 g/mol. The summed E-state index contributed by atoms with van der Waals surface area (Å²) in [7, 11) is 0. The molecule has 0 spiro atoms. The number of rotatable bonds is 6. The van der Waals surface area contributed by atoms with Gasteiger partial charge in [0.25, 0.3) is 0 Å². The van der Waals surface area contributed by atoms with Crippen LogP contribution in [0.15, 0.2) is 51.7 Å². The minimum Gasteiger partial charge on any atom is -0.489 e. The van der Waals surface area contributed by atoms with Crippen molar-refractivity contribution < 1.29 is 13.9 Å². The predicted octanol–water partition coefficient (Wildman–Crippen LogP) is 1.87. The third-order valence-corrected chi connectivity index (χ3v) is 2.88. The fraction of sp³-hybridized carbons (Fsp3) is 0.176. The van der Waals surface area contributed by atoms with Crippen molar-refractivity contribution in [2.45, 2.75) is 6.42 Å². The van der Waals surface area contributed by atoms with E-state index in [1.54, 1.807) is 24.3 Å². The summed E-state index contributed by atoms with van der Waals surface area (Å²) in [6, 6.07) is 8.11. The van der Waals surface area contributed by atoms with E-state index in [0.29, 0.717) is 24.3 Å². The molecule has 0 bridgehead atoms. The third-order valence-electron chi connectivity index (χ3n) is 2.88. The van der Waals surface area contributed by atoms with Gasteiger partial charge in [0.1, 0.15) is 17.9 Å². The Morgan fingerprint density at radius 3 is 2.91 bits per heavy atom. The molecule has 1 N–H and O–H groups in total. The summed E-state index contributed by atoms with van der Waals surface area (Å²) in [6.07, 6.45) is 5.56. The van der Waals surface area contributed by atoms with Gasteiger partial charge in [0.2, 0.25) is 5.91 Å². The molecule has 0 aliphatic rings. The summed E-state index contributed by atoms with van der Waals surface area (Å²) >= 11 is 0. The smallest absolute Gasteiger partial charge is 0.336 e. The van der Waals surface area contributed by atoms with Gasteiger partial charge in [-0.2, -0.15) is 0 Å². The van der Waals surface area contributed by atoms with E-state index in [-0.39, 0.29) is 18.1 Å². The summed E-state index contributed by atoms with van der Waals surface area (Å²) in [4.78, 5) is 22.9. The molecule has 0 atom stereocenters. The molecule has 5 heteroatoms. The molecule has 1 amide bonds. The highest BCUT2D eigenvalue weighted by Gasteiger charge is 2.07. The molecule has 0 aliphatic heterocycles. The average molecular weight is 297 g/mol. The van der Waals surface area contributed by atoms with Crippen LogP contribution >= 0.6 is 0 Å². The number of carbonyl (C=O) groups excluding carboxylic acids is 1. The lowest BCUT2D eigenvalue weighted by atomic mass is 10.2. The van der Waals surface area contributed by atoms with Gasteiger partial charge in [0.05, 0.1) is 0 Å². The number of hydrogen-bond acceptors (Lipinski definition) is 4. The molecule has 5 nitrogen and oxygen atoms in total. The fourth-order valence-corrected chi connectivity index (χ4v) is 1.74. The lowest BCUT2D eigenvalue weighted by Crippen LogP contribution is -2.27. The summed E-state index contributed by atoms with van der Waals surface area (Å²) in [6.45, 7) is 4.09. The quantitative estimate of drug-likeness (QED) is 0.382. The van der Waals surface area contributed by atoms with Crippen molar-refractivity contribution in [2.24, 2.45) is 0 Å². The Morgan fingerprint density at radius 2 is 2.14 bits per heavy atom. The lowest BCUT2D eigenvalue weighted by molar-refractivity contribution is -0.117. The standard InChI is InChI=1S/C17H15NO4/c1-3-4-9-18-17(20)12(2)11-21-14-7-5-13-6-8-16(19)22-15(13)10-14/h1,5-8,10H,2,4,9,11H2,(H,18,20). The van der Waals surface area contributed by atoms with Crippen molar-refractivity contribution in [1.29, 1.82) is 0 Å². The number of nitrogens with one attached hydrogen (secondary N) is 1. The SMILES string of the molecule is C#CCCNC(=O)C(=C)COc1ccc2ccc(=O)oc2c1. The maximum Gasteiger partial charge on any atom is 0.336 e. The Hall–Kier alpha value is -3.00. The molecule has 0 fully saturated rings. The number of hydrogen-bond donors (Lipinski definition) is 1. The zero-order valence-electron chi connectivity index (χ0n) is 11.9. The van der Waals surface area contributed by atoms with Gasteiger partial charge < -0.3 is 14.5 Å². The first-order valence-electron chi connectivity index (χ1n) is 6.66. The molecular formula is C17H15NO4. The molecule has 0 saturated carbocycles. The molecule has 0 aliphatic carbocycles. The lowest BCUT2D eigenvalue weighted by Gasteiger charge is -2.09. The number of carbonyl (C=O) groups is 1. The molecule has 22 heavy (non-hydrogen) atoms. The van der Waals surface area contributed by atoms with Gasteiger partial charge in [0, 0.05) is 36.1 Å². The van der Waals surface area contributed by atoms with Gasteiger partial charge in [-0.3, -0.25) is 4.79 Å². The molecule has 1 heterocycles. The average Bonchev–Trinajstić information content (AvgIpc) is 2.52. The van der Waals surface area contributed by atoms with Crippen LogP contribution in [0.4, 0.5) is 0 Å². The minimum atomic E-state index is -0.429. The molecular weight excluding hydrogens is 282 g/mol. The second-order valence-corrected chi connectivity index (χ2v) is 4.56. The number of fused-ring (bicyclic) bond motifs is 1. The van der Waals surface area contributed by atoms with Crippen LogP contribution in [-0.4, -0.2) is 19.1 Å². The van der Waals surface area contributed by atoms with E-state index in [4.69, 9.17) is 15.6 Å². The van der Waals surface area contributed by atoms with Crippen LogP contribution in [0, 0.1) is 12.3 Å². The predicted molar refractivity (Wildman–Crippen MR) is 83.6 cm³/mol. The van der Waals surface area contributed by atoms with Gasteiger partial charge in [-0.05, 0) is 18.2 Å². The number of terminal acetylenes is 1. The molecule has 0 unspecified atom stereocenters. The highest BCUT2D eigenvalue weighted by atomic mass is 16.5. The van der Waals surface area contributed by atoms with E-state index in [9.17, 15) is 9.59 Å². The molecule has 1 aromatic heterocycles. The van der Waals surface area contributed by atoms with Crippen LogP contribution in [0.2, 0.25) is 0 Å². The topological polar surface area (TPSA) is 68.5 Å². The summed E-state index contributed by atoms with van der Waals surface area (Å²) in [5.74, 6) is 2.61.